The Labute approximate surface area is 54.7 Å². The van der Waals surface area contributed by atoms with Gasteiger partial charge in [-0.3, -0.25) is 0 Å². The number of nitrogens with one attached hydrogen (secondary N) is 2. The zero-order valence-electron chi connectivity index (χ0n) is 5.00. The second-order valence-corrected chi connectivity index (χ2v) is 1.00. The van der Waals surface area contributed by atoms with Crippen molar-refractivity contribution in [2.75, 3.05) is 28.2 Å². The highest BCUT2D eigenvalue weighted by Gasteiger charge is 1.26. The zero-order chi connectivity index (χ0) is 5.41. The molecule has 0 atom stereocenters. The monoisotopic (exact) mass is 122 g/mol. The molecule has 0 fully saturated rings. The normalized spacial score (nSPS) is 4.50. The average Bonchev–Trinajstić information content (AvgIpc) is 1.39. The first-order valence-electron chi connectivity index (χ1n) is 2.00. The van der Waals surface area contributed by atoms with Gasteiger partial charge >= 0.3 is 0 Å². The van der Waals surface area contributed by atoms with Crippen LogP contribution in [0.5, 0.6) is 0 Å². The summed E-state index contributed by atoms with van der Waals surface area (Å²) in [5.74, 6) is 0. The fourth-order valence-corrected chi connectivity index (χ4v) is 0. The summed E-state index contributed by atoms with van der Waals surface area (Å²) in [5.41, 5.74) is 0. The Balaban J connectivity index is -0.0000000160. The lowest BCUT2D eigenvalue weighted by molar-refractivity contribution is 1.02. The average molecular weight is 122 g/mol. The Morgan fingerprint density at radius 2 is 0.625 bits per heavy atom. The summed E-state index contributed by atoms with van der Waals surface area (Å²) in [7, 11) is 7.50. The molecule has 8 heavy (non-hydrogen) atoms. The minimum Gasteiger partial charge on any atom is -0.323 e. The Kier molecular flexibility index (Phi) is 203. The highest BCUT2D eigenvalue weighted by atomic mass is 14.7. The van der Waals surface area contributed by atoms with Gasteiger partial charge in [-0.05, 0) is 28.2 Å². The second kappa shape index (κ2) is 65.8. The molecule has 0 radical (unpaired) electrons. The van der Waals surface area contributed by atoms with Crippen LogP contribution in [0.15, 0.2) is 0 Å². The maximum atomic E-state index is 2.75. The highest BCUT2D eigenvalue weighted by molar-refractivity contribution is 3.91. The third-order valence-electron chi connectivity index (χ3n) is 0. The van der Waals surface area contributed by atoms with E-state index in [0.717, 1.165) is 0 Å². The van der Waals surface area contributed by atoms with Gasteiger partial charge < -0.3 is 10.6 Å². The minimum atomic E-state index is 0. The van der Waals surface area contributed by atoms with Crippen molar-refractivity contribution >= 4 is 0 Å². The molecule has 2 N–H and O–H groups in total. The van der Waals surface area contributed by atoms with Crippen molar-refractivity contribution in [1.82, 2.24) is 10.6 Å². The van der Waals surface area contributed by atoms with Gasteiger partial charge in [-0.25, -0.2) is 0 Å². The molecular weight excluding hydrogens is 100 g/mol. The lowest BCUT2D eigenvalue weighted by atomic mass is 11.3. The van der Waals surface area contributed by atoms with E-state index in [1.54, 1.807) is 0 Å². The van der Waals surface area contributed by atoms with E-state index in [0.29, 0.717) is 0 Å². The van der Waals surface area contributed by atoms with Crippen LogP contribution < -0.4 is 10.6 Å². The van der Waals surface area contributed by atoms with Crippen LogP contribution >= 0.6 is 0 Å². The summed E-state index contributed by atoms with van der Waals surface area (Å²) in [5, 5.41) is 5.50. The highest BCUT2D eigenvalue weighted by Crippen LogP contribution is 0.984. The molecule has 0 aromatic carbocycles. The summed E-state index contributed by atoms with van der Waals surface area (Å²) in [6.45, 7) is 0. The first-order valence-corrected chi connectivity index (χ1v) is 2.00. The smallest absolute Gasteiger partial charge is 0.0167 e. The molecule has 0 aromatic rings. The molecule has 0 unspecified atom stereocenters. The van der Waals surface area contributed by atoms with E-state index in [9.17, 15) is 0 Å². The fraction of sp³-hybridized carbons (Fsp3) is 1.00. The summed E-state index contributed by atoms with van der Waals surface area (Å²) in [6.07, 6.45) is 0. The molecule has 0 saturated heterocycles. The molecule has 0 bridgehead atoms. The van der Waals surface area contributed by atoms with E-state index in [2.05, 4.69) is 10.6 Å². The number of hydrogen-bond donors (Lipinski definition) is 2. The maximum Gasteiger partial charge on any atom is -0.0167 e. The Morgan fingerprint density at radius 3 is 0.625 bits per heavy atom. The van der Waals surface area contributed by atoms with Crippen LogP contribution in [0.4, 0.5) is 0 Å². The molecule has 2 nitrogen and oxygen atoms in total. The zero-order valence-corrected chi connectivity index (χ0v) is 5.00. The second-order valence-electron chi connectivity index (χ2n) is 1.00. The maximum absolute atomic E-state index is 2.75. The number of rotatable bonds is 0. The molecule has 0 spiro atoms. The Hall–Kier alpha value is -0.0800. The van der Waals surface area contributed by atoms with Crippen LogP contribution in [-0.4, -0.2) is 28.2 Å². The molecular formula is C6H22N2. The summed E-state index contributed by atoms with van der Waals surface area (Å²) in [4.78, 5) is 0. The van der Waals surface area contributed by atoms with E-state index < -0.39 is 0 Å². The predicted molar refractivity (Wildman–Crippen MR) is 43.4 cm³/mol. The van der Waals surface area contributed by atoms with Crippen LogP contribution in [0.3, 0.4) is 0 Å². The van der Waals surface area contributed by atoms with E-state index in [-0.39, 0.29) is 14.9 Å². The molecule has 0 amide bonds. The van der Waals surface area contributed by atoms with E-state index >= 15 is 0 Å². The van der Waals surface area contributed by atoms with Crippen molar-refractivity contribution < 1.29 is 0 Å². The number of hydrogen-bond acceptors (Lipinski definition) is 2. The first-order chi connectivity index (χ1) is 2.83. The summed E-state index contributed by atoms with van der Waals surface area (Å²) in [6, 6.07) is 0. The Bertz CT molecular complexity index is 8.49. The third kappa shape index (κ3) is 22400. The van der Waals surface area contributed by atoms with Gasteiger partial charge in [0, 0.05) is 0 Å². The van der Waals surface area contributed by atoms with Crippen molar-refractivity contribution in [1.29, 1.82) is 0 Å². The predicted octanol–water partition coefficient (Wildman–Crippen LogP) is 0.943. The van der Waals surface area contributed by atoms with Crippen LogP contribution in [0.25, 0.3) is 0 Å². The largest absolute Gasteiger partial charge is 0.323 e. The van der Waals surface area contributed by atoms with Crippen molar-refractivity contribution in [3.8, 4) is 0 Å². The van der Waals surface area contributed by atoms with Gasteiger partial charge in [-0.2, -0.15) is 0 Å². The van der Waals surface area contributed by atoms with E-state index in [1.165, 1.54) is 0 Å². The minimum absolute atomic E-state index is 0. The van der Waals surface area contributed by atoms with Gasteiger partial charge in [0.25, 0.3) is 0 Å². The molecule has 0 rings (SSSR count). The van der Waals surface area contributed by atoms with Crippen molar-refractivity contribution in [3.63, 3.8) is 0 Å². The van der Waals surface area contributed by atoms with Gasteiger partial charge in [0.15, 0.2) is 0 Å². The third-order valence-corrected chi connectivity index (χ3v) is 0. The molecule has 0 aliphatic rings. The molecule has 56 valence electrons. The fourth-order valence-electron chi connectivity index (χ4n) is 0. The molecule has 0 aliphatic heterocycles. The van der Waals surface area contributed by atoms with Gasteiger partial charge in [0.2, 0.25) is 0 Å². The summed E-state index contributed by atoms with van der Waals surface area (Å²) >= 11 is 0. The van der Waals surface area contributed by atoms with Crippen LogP contribution in [-0.2, 0) is 0 Å². The lowest BCUT2D eigenvalue weighted by Gasteiger charge is -1.59. The molecule has 0 heterocycles. The van der Waals surface area contributed by atoms with Gasteiger partial charge in [0.05, 0.1) is 0 Å². The first kappa shape index (κ1) is 24.7. The topological polar surface area (TPSA) is 24.1 Å². The quantitative estimate of drug-likeness (QED) is 0.500. The Morgan fingerprint density at radius 1 is 0.625 bits per heavy atom. The SMILES string of the molecule is C.C.CNC.CNC. The molecule has 2 heteroatoms. The van der Waals surface area contributed by atoms with Gasteiger partial charge in [-0.1, -0.05) is 14.9 Å². The molecule has 0 aliphatic carbocycles. The lowest BCUT2D eigenvalue weighted by Crippen LogP contribution is -1.89. The van der Waals surface area contributed by atoms with Crippen molar-refractivity contribution in [2.45, 2.75) is 14.9 Å². The van der Waals surface area contributed by atoms with Gasteiger partial charge in [-0.15, -0.1) is 0 Å². The van der Waals surface area contributed by atoms with Crippen LogP contribution in [0.2, 0.25) is 0 Å². The van der Waals surface area contributed by atoms with Crippen LogP contribution in [0, 0.1) is 0 Å². The summed E-state index contributed by atoms with van der Waals surface area (Å²) < 4.78 is 0. The van der Waals surface area contributed by atoms with Crippen molar-refractivity contribution in [2.24, 2.45) is 0 Å². The van der Waals surface area contributed by atoms with Gasteiger partial charge in [0.1, 0.15) is 0 Å². The van der Waals surface area contributed by atoms with Crippen molar-refractivity contribution in [3.05, 3.63) is 0 Å². The standard InChI is InChI=1S/2C2H7N.2CH4/c2*1-3-2;;/h2*3H,1-2H3;2*1H4. The molecule has 0 aromatic heterocycles. The van der Waals surface area contributed by atoms with E-state index in [1.807, 2.05) is 28.2 Å². The van der Waals surface area contributed by atoms with Crippen LogP contribution in [0.1, 0.15) is 14.9 Å². The molecule has 0 saturated carbocycles. The van der Waals surface area contributed by atoms with E-state index in [4.69, 9.17) is 0 Å².